The van der Waals surface area contributed by atoms with Gasteiger partial charge >= 0.3 is 0 Å². The van der Waals surface area contributed by atoms with E-state index in [9.17, 15) is 14.4 Å². The quantitative estimate of drug-likeness (QED) is 0.383. The minimum Gasteiger partial charge on any atom is -0.372 e. The summed E-state index contributed by atoms with van der Waals surface area (Å²) >= 11 is 0. The zero-order valence-corrected chi connectivity index (χ0v) is 17.0. The topological polar surface area (TPSA) is 97.0 Å². The largest absolute Gasteiger partial charge is 0.372 e. The Kier molecular flexibility index (Phi) is 7.35. The molecular weight excluding hydrogens is 374 g/mol. The smallest absolute Gasteiger partial charge is 0.243 e. The first-order chi connectivity index (χ1) is 14.0. The van der Waals surface area contributed by atoms with Crippen molar-refractivity contribution in [2.45, 2.75) is 44.6 Å². The highest BCUT2D eigenvalue weighted by molar-refractivity contribution is 6.00. The number of ether oxygens (including phenoxy) is 2. The zero-order valence-electron chi connectivity index (χ0n) is 17.0. The van der Waals surface area contributed by atoms with Crippen LogP contribution in [-0.4, -0.2) is 57.7 Å². The van der Waals surface area contributed by atoms with E-state index in [0.717, 1.165) is 43.5 Å². The number of benzene rings is 1. The number of piperidine rings is 2. The maximum atomic E-state index is 11.9. The van der Waals surface area contributed by atoms with Crippen LogP contribution in [0.1, 0.15) is 41.6 Å². The van der Waals surface area contributed by atoms with Crippen LogP contribution in [0.5, 0.6) is 0 Å². The van der Waals surface area contributed by atoms with Crippen molar-refractivity contribution in [1.82, 2.24) is 10.6 Å². The third-order valence-corrected chi connectivity index (χ3v) is 5.79. The number of nitrogens with zero attached hydrogens (tertiary/aromatic N) is 1. The molecule has 0 radical (unpaired) electrons. The van der Waals surface area contributed by atoms with E-state index in [0.29, 0.717) is 30.9 Å². The third kappa shape index (κ3) is 5.20. The first-order valence-electron chi connectivity index (χ1n) is 10.0. The van der Waals surface area contributed by atoms with Gasteiger partial charge in [-0.1, -0.05) is 0 Å². The Balaban J connectivity index is 1.64. The number of methoxy groups -OCH3 is 2. The van der Waals surface area contributed by atoms with Crippen molar-refractivity contribution < 1.29 is 23.9 Å². The van der Waals surface area contributed by atoms with Crippen molar-refractivity contribution in [3.63, 3.8) is 0 Å². The second kappa shape index (κ2) is 9.96. The molecule has 8 heteroatoms. The molecule has 2 heterocycles. The summed E-state index contributed by atoms with van der Waals surface area (Å²) in [6.45, 7) is 2.16. The summed E-state index contributed by atoms with van der Waals surface area (Å²) in [5.74, 6) is -0.182. The summed E-state index contributed by atoms with van der Waals surface area (Å²) < 4.78 is 10.8. The van der Waals surface area contributed by atoms with Gasteiger partial charge in [0.25, 0.3) is 0 Å². The van der Waals surface area contributed by atoms with Crippen LogP contribution in [0.4, 0.5) is 5.69 Å². The highest BCUT2D eigenvalue weighted by Gasteiger charge is 2.28. The lowest BCUT2D eigenvalue weighted by molar-refractivity contribution is -0.141. The van der Waals surface area contributed by atoms with Crippen LogP contribution in [0.2, 0.25) is 0 Å². The van der Waals surface area contributed by atoms with E-state index < -0.39 is 6.04 Å². The van der Waals surface area contributed by atoms with Gasteiger partial charge in [-0.25, -0.2) is 0 Å². The van der Waals surface area contributed by atoms with Crippen LogP contribution in [0.25, 0.3) is 0 Å². The molecule has 2 N–H and O–H groups in total. The predicted molar refractivity (Wildman–Crippen MR) is 108 cm³/mol. The summed E-state index contributed by atoms with van der Waals surface area (Å²) in [7, 11) is 3.33. The lowest BCUT2D eigenvalue weighted by atomic mass is 9.95. The molecule has 0 spiro atoms. The van der Waals surface area contributed by atoms with Gasteiger partial charge in [0.2, 0.25) is 11.8 Å². The molecule has 0 aliphatic carbocycles. The van der Waals surface area contributed by atoms with Gasteiger partial charge in [-0.15, -0.1) is 0 Å². The fourth-order valence-electron chi connectivity index (χ4n) is 4.09. The summed E-state index contributed by atoms with van der Waals surface area (Å²) in [6.07, 6.45) is 3.37. The zero-order chi connectivity index (χ0) is 20.8. The van der Waals surface area contributed by atoms with Gasteiger partial charge in [0.15, 0.2) is 6.29 Å². The number of amides is 2. The summed E-state index contributed by atoms with van der Waals surface area (Å²) in [5.41, 5.74) is 2.50. The van der Waals surface area contributed by atoms with E-state index in [1.54, 1.807) is 14.2 Å². The fourth-order valence-corrected chi connectivity index (χ4v) is 4.09. The molecule has 3 rings (SSSR count). The third-order valence-electron chi connectivity index (χ3n) is 5.79. The molecule has 2 fully saturated rings. The van der Waals surface area contributed by atoms with Crippen LogP contribution < -0.4 is 15.5 Å². The number of nitrogens with one attached hydrogen (secondary N) is 2. The van der Waals surface area contributed by atoms with E-state index >= 15 is 0 Å². The molecule has 29 heavy (non-hydrogen) atoms. The molecule has 0 aromatic heterocycles. The van der Waals surface area contributed by atoms with Crippen molar-refractivity contribution in [1.29, 1.82) is 0 Å². The van der Waals surface area contributed by atoms with Crippen LogP contribution in [0.15, 0.2) is 18.2 Å². The second-order valence-corrected chi connectivity index (χ2v) is 7.55. The molecule has 8 nitrogen and oxygen atoms in total. The number of hydrogen-bond donors (Lipinski definition) is 2. The van der Waals surface area contributed by atoms with Gasteiger partial charge in [0.05, 0.1) is 6.04 Å². The lowest BCUT2D eigenvalue weighted by Crippen LogP contribution is -2.50. The Morgan fingerprint density at radius 2 is 1.93 bits per heavy atom. The normalized spacial score (nSPS) is 20.8. The molecule has 0 bridgehead atoms. The van der Waals surface area contributed by atoms with Gasteiger partial charge in [-0.2, -0.15) is 0 Å². The fraction of sp³-hybridized carbons (Fsp3) is 0.571. The number of carbonyl (C=O) groups is 3. The van der Waals surface area contributed by atoms with Crippen LogP contribution in [0, 0.1) is 5.92 Å². The number of imide groups is 1. The van der Waals surface area contributed by atoms with Gasteiger partial charge in [0, 0.05) is 57.4 Å². The average molecular weight is 403 g/mol. The number of rotatable bonds is 8. The Labute approximate surface area is 170 Å². The lowest BCUT2D eigenvalue weighted by Gasteiger charge is -2.36. The number of hydrogen-bond acceptors (Lipinski definition) is 7. The second-order valence-electron chi connectivity index (χ2n) is 7.55. The molecule has 1 aromatic carbocycles. The molecule has 1 unspecified atom stereocenters. The molecule has 158 valence electrons. The van der Waals surface area contributed by atoms with E-state index in [2.05, 4.69) is 15.5 Å². The first kappa shape index (κ1) is 21.4. The van der Waals surface area contributed by atoms with Crippen LogP contribution >= 0.6 is 0 Å². The van der Waals surface area contributed by atoms with Gasteiger partial charge in [-0.05, 0) is 43.0 Å². The van der Waals surface area contributed by atoms with Crippen LogP contribution in [-0.2, 0) is 25.6 Å². The van der Waals surface area contributed by atoms with Crippen LogP contribution in [0.3, 0.4) is 0 Å². The molecule has 2 amide bonds. The van der Waals surface area contributed by atoms with E-state index in [1.165, 1.54) is 0 Å². The molecule has 1 aromatic rings. The van der Waals surface area contributed by atoms with Gasteiger partial charge < -0.3 is 19.7 Å². The summed E-state index contributed by atoms with van der Waals surface area (Å²) in [5, 5.41) is 5.52. The van der Waals surface area contributed by atoms with E-state index in [1.807, 2.05) is 18.2 Å². The minimum atomic E-state index is -0.424. The first-order valence-corrected chi connectivity index (χ1v) is 10.0. The SMILES string of the molecule is COC(OC)C1CCN(c2ccc(C=O)c(CNC3CCC(=O)NC3=O)c2)CC1. The Bertz CT molecular complexity index is 742. The van der Waals surface area contributed by atoms with Crippen molar-refractivity contribution in [3.8, 4) is 0 Å². The van der Waals surface area contributed by atoms with Gasteiger partial charge in [-0.3, -0.25) is 19.7 Å². The summed E-state index contributed by atoms with van der Waals surface area (Å²) in [4.78, 5) is 37.0. The highest BCUT2D eigenvalue weighted by atomic mass is 16.7. The van der Waals surface area contributed by atoms with Crippen molar-refractivity contribution >= 4 is 23.8 Å². The molecule has 2 saturated heterocycles. The Morgan fingerprint density at radius 3 is 2.55 bits per heavy atom. The van der Waals surface area contributed by atoms with Gasteiger partial charge in [0.1, 0.15) is 6.29 Å². The van der Waals surface area contributed by atoms with E-state index in [-0.39, 0.29) is 18.1 Å². The standard InChI is InChI=1S/C21H29N3O5/c1-28-21(29-2)14-7-9-24(10-8-14)17-4-3-15(13-25)16(11-17)12-22-18-5-6-19(26)23-20(18)27/h3-4,11,13-14,18,21-22H,5-10,12H2,1-2H3,(H,23,26,27). The number of anilines is 1. The minimum absolute atomic E-state index is 0.178. The maximum absolute atomic E-state index is 11.9. The molecule has 0 saturated carbocycles. The average Bonchev–Trinajstić information content (AvgIpc) is 2.74. The van der Waals surface area contributed by atoms with E-state index in [4.69, 9.17) is 9.47 Å². The summed E-state index contributed by atoms with van der Waals surface area (Å²) in [6, 6.07) is 5.37. The molecular formula is C21H29N3O5. The number of aldehydes is 1. The maximum Gasteiger partial charge on any atom is 0.243 e. The predicted octanol–water partition coefficient (Wildman–Crippen LogP) is 1.23. The Hall–Kier alpha value is -2.29. The molecule has 2 aliphatic rings. The number of carbonyl (C=O) groups excluding carboxylic acids is 3. The molecule has 1 atom stereocenters. The molecule has 2 aliphatic heterocycles. The van der Waals surface area contributed by atoms with Crippen molar-refractivity contribution in [2.24, 2.45) is 5.92 Å². The van der Waals surface area contributed by atoms with Crippen molar-refractivity contribution in [3.05, 3.63) is 29.3 Å². The van der Waals surface area contributed by atoms with Crippen molar-refractivity contribution in [2.75, 3.05) is 32.2 Å². The Morgan fingerprint density at radius 1 is 1.21 bits per heavy atom. The highest BCUT2D eigenvalue weighted by Crippen LogP contribution is 2.28. The monoisotopic (exact) mass is 403 g/mol.